The number of aromatic nitrogens is 1. The number of aryl methyl sites for hydroxylation is 1. The van der Waals surface area contributed by atoms with Gasteiger partial charge in [0.15, 0.2) is 5.13 Å². The fraction of sp³-hybridized carbons (Fsp3) is 0.786. The van der Waals surface area contributed by atoms with Crippen LogP contribution in [-0.4, -0.2) is 38.8 Å². The molecule has 0 spiro atoms. The predicted molar refractivity (Wildman–Crippen MR) is 83.2 cm³/mol. The largest absolute Gasteiger partial charge is 0.383 e. The maximum Gasteiger partial charge on any atom is 0.185 e. The molecule has 1 rings (SSSR count). The number of ether oxygens (including phenoxy) is 1. The second-order valence-electron chi connectivity index (χ2n) is 5.08. The summed E-state index contributed by atoms with van der Waals surface area (Å²) >= 11 is 1.81. The molecule has 0 bridgehead atoms. The molecule has 0 amide bonds. The molecule has 4 nitrogen and oxygen atoms in total. The van der Waals surface area contributed by atoms with Crippen molar-refractivity contribution in [3.8, 4) is 0 Å². The van der Waals surface area contributed by atoms with Gasteiger partial charge in [-0.05, 0) is 19.4 Å². The second-order valence-corrected chi connectivity index (χ2v) is 6.14. The van der Waals surface area contributed by atoms with Gasteiger partial charge in [0.05, 0.1) is 12.3 Å². The number of nitrogens with zero attached hydrogens (tertiary/aromatic N) is 2. The van der Waals surface area contributed by atoms with Crippen LogP contribution in [0.4, 0.5) is 5.13 Å². The molecule has 0 saturated heterocycles. The molecule has 5 heteroatoms. The molecule has 0 aliphatic carbocycles. The number of hydrogen-bond donors (Lipinski definition) is 1. The van der Waals surface area contributed by atoms with Gasteiger partial charge >= 0.3 is 0 Å². The lowest BCUT2D eigenvalue weighted by atomic mass is 10.2. The molecule has 0 unspecified atom stereocenters. The van der Waals surface area contributed by atoms with E-state index in [2.05, 4.69) is 31.0 Å². The number of hydrogen-bond acceptors (Lipinski definition) is 5. The van der Waals surface area contributed by atoms with E-state index in [1.165, 1.54) is 10.6 Å². The third-order valence-electron chi connectivity index (χ3n) is 2.86. The van der Waals surface area contributed by atoms with Crippen LogP contribution in [0.5, 0.6) is 0 Å². The van der Waals surface area contributed by atoms with Crippen molar-refractivity contribution in [3.05, 3.63) is 10.6 Å². The minimum absolute atomic E-state index is 0.624. The van der Waals surface area contributed by atoms with Crippen molar-refractivity contribution < 1.29 is 4.74 Å². The molecule has 0 radical (unpaired) electrons. The first kappa shape index (κ1) is 16.4. The van der Waals surface area contributed by atoms with Gasteiger partial charge in [0.1, 0.15) is 0 Å². The molecule has 1 aromatic rings. The summed E-state index contributed by atoms with van der Waals surface area (Å²) in [6, 6.07) is 0. The van der Waals surface area contributed by atoms with Crippen molar-refractivity contribution in [2.75, 3.05) is 38.8 Å². The van der Waals surface area contributed by atoms with Gasteiger partial charge in [-0.15, -0.1) is 11.3 Å². The topological polar surface area (TPSA) is 37.4 Å². The Morgan fingerprint density at radius 3 is 2.68 bits per heavy atom. The van der Waals surface area contributed by atoms with Gasteiger partial charge in [0.2, 0.25) is 0 Å². The van der Waals surface area contributed by atoms with Crippen LogP contribution < -0.4 is 10.2 Å². The van der Waals surface area contributed by atoms with Crippen molar-refractivity contribution in [2.45, 2.75) is 33.7 Å². The van der Waals surface area contributed by atoms with E-state index in [9.17, 15) is 0 Å². The standard InChI is InChI=1S/C14H27N3OS/c1-6-12-13(9-15-4)19-14(16-12)17(7-8-18-5)10-11(2)3/h11,15H,6-10H2,1-5H3. The zero-order chi connectivity index (χ0) is 14.3. The maximum atomic E-state index is 5.21. The van der Waals surface area contributed by atoms with Crippen LogP contribution in [0.3, 0.4) is 0 Å². The molecule has 0 aliphatic rings. The van der Waals surface area contributed by atoms with Crippen LogP contribution >= 0.6 is 11.3 Å². The normalized spacial score (nSPS) is 11.3. The fourth-order valence-electron chi connectivity index (χ4n) is 1.99. The van der Waals surface area contributed by atoms with Crippen molar-refractivity contribution in [1.29, 1.82) is 0 Å². The number of rotatable bonds is 9. The molecule has 0 aliphatic heterocycles. The average molecular weight is 285 g/mol. The van der Waals surface area contributed by atoms with Gasteiger partial charge < -0.3 is 15.0 Å². The third kappa shape index (κ3) is 5.09. The molecule has 0 atom stereocenters. The molecule has 1 heterocycles. The molecule has 1 aromatic heterocycles. The zero-order valence-electron chi connectivity index (χ0n) is 12.8. The minimum Gasteiger partial charge on any atom is -0.383 e. The summed E-state index contributed by atoms with van der Waals surface area (Å²) in [6.45, 7) is 10.2. The summed E-state index contributed by atoms with van der Waals surface area (Å²) < 4.78 is 5.21. The molecule has 110 valence electrons. The summed E-state index contributed by atoms with van der Waals surface area (Å²) in [5, 5.41) is 4.35. The van der Waals surface area contributed by atoms with Gasteiger partial charge in [-0.25, -0.2) is 4.98 Å². The molecular formula is C14H27N3OS. The molecule has 0 fully saturated rings. The summed E-state index contributed by atoms with van der Waals surface area (Å²) in [6.07, 6.45) is 0.993. The number of thiazole rings is 1. The highest BCUT2D eigenvalue weighted by atomic mass is 32.1. The smallest absolute Gasteiger partial charge is 0.185 e. The second kappa shape index (κ2) is 8.51. The Balaban J connectivity index is 2.87. The molecular weight excluding hydrogens is 258 g/mol. The van der Waals surface area contributed by atoms with Crippen LogP contribution in [0, 0.1) is 5.92 Å². The first-order valence-corrected chi connectivity index (χ1v) is 7.81. The van der Waals surface area contributed by atoms with Crippen molar-refractivity contribution in [3.63, 3.8) is 0 Å². The highest BCUT2D eigenvalue weighted by molar-refractivity contribution is 7.15. The molecule has 0 aromatic carbocycles. The van der Waals surface area contributed by atoms with Crippen LogP contribution in [0.1, 0.15) is 31.3 Å². The Morgan fingerprint density at radius 1 is 1.42 bits per heavy atom. The first-order valence-electron chi connectivity index (χ1n) is 6.99. The zero-order valence-corrected chi connectivity index (χ0v) is 13.6. The van der Waals surface area contributed by atoms with Gasteiger partial charge in [0.25, 0.3) is 0 Å². The SMILES string of the molecule is CCc1nc(N(CCOC)CC(C)C)sc1CNC. The average Bonchev–Trinajstić information content (AvgIpc) is 2.77. The molecule has 19 heavy (non-hydrogen) atoms. The molecule has 1 N–H and O–H groups in total. The predicted octanol–water partition coefficient (Wildman–Crippen LogP) is 2.53. The van der Waals surface area contributed by atoms with E-state index < -0.39 is 0 Å². The van der Waals surface area contributed by atoms with E-state index in [-0.39, 0.29) is 0 Å². The lowest BCUT2D eigenvalue weighted by Crippen LogP contribution is -2.30. The lowest BCUT2D eigenvalue weighted by Gasteiger charge is -2.23. The van der Waals surface area contributed by atoms with Crippen molar-refractivity contribution in [2.24, 2.45) is 5.92 Å². The van der Waals surface area contributed by atoms with Gasteiger partial charge in [-0.2, -0.15) is 0 Å². The number of anilines is 1. The Morgan fingerprint density at radius 2 is 2.16 bits per heavy atom. The highest BCUT2D eigenvalue weighted by Crippen LogP contribution is 2.27. The summed E-state index contributed by atoms with van der Waals surface area (Å²) in [4.78, 5) is 8.50. The van der Waals surface area contributed by atoms with Crippen molar-refractivity contribution in [1.82, 2.24) is 10.3 Å². The Bertz CT molecular complexity index is 366. The van der Waals surface area contributed by atoms with Crippen molar-refractivity contribution >= 4 is 16.5 Å². The van der Waals surface area contributed by atoms with Gasteiger partial charge in [-0.3, -0.25) is 0 Å². The Hall–Kier alpha value is -0.650. The van der Waals surface area contributed by atoms with Gasteiger partial charge in [-0.1, -0.05) is 20.8 Å². The van der Waals surface area contributed by atoms with Crippen LogP contribution in [0.2, 0.25) is 0 Å². The van der Waals surface area contributed by atoms with E-state index >= 15 is 0 Å². The quantitative estimate of drug-likeness (QED) is 0.756. The fourth-order valence-corrected chi connectivity index (χ4v) is 3.18. The Labute approximate surface area is 121 Å². The first-order chi connectivity index (χ1) is 9.12. The highest BCUT2D eigenvalue weighted by Gasteiger charge is 2.16. The van der Waals surface area contributed by atoms with Crippen LogP contribution in [0.25, 0.3) is 0 Å². The van der Waals surface area contributed by atoms with E-state index in [0.29, 0.717) is 5.92 Å². The monoisotopic (exact) mass is 285 g/mol. The third-order valence-corrected chi connectivity index (χ3v) is 4.02. The minimum atomic E-state index is 0.624. The summed E-state index contributed by atoms with van der Waals surface area (Å²) in [5.74, 6) is 0.624. The number of nitrogens with one attached hydrogen (secondary N) is 1. The van der Waals surface area contributed by atoms with E-state index in [0.717, 1.165) is 37.8 Å². The van der Waals surface area contributed by atoms with Crippen LogP contribution in [0.15, 0.2) is 0 Å². The number of methoxy groups -OCH3 is 1. The summed E-state index contributed by atoms with van der Waals surface area (Å²) in [5.41, 5.74) is 1.22. The lowest BCUT2D eigenvalue weighted by molar-refractivity contribution is 0.204. The van der Waals surface area contributed by atoms with E-state index in [1.807, 2.05) is 7.05 Å². The maximum absolute atomic E-state index is 5.21. The van der Waals surface area contributed by atoms with Crippen LogP contribution in [-0.2, 0) is 17.7 Å². The summed E-state index contributed by atoms with van der Waals surface area (Å²) in [7, 11) is 3.73. The molecule has 0 saturated carbocycles. The van der Waals surface area contributed by atoms with E-state index in [4.69, 9.17) is 9.72 Å². The van der Waals surface area contributed by atoms with E-state index in [1.54, 1.807) is 18.4 Å². The Kier molecular flexibility index (Phi) is 7.34. The van der Waals surface area contributed by atoms with Gasteiger partial charge in [0, 0.05) is 31.6 Å².